The zero-order chi connectivity index (χ0) is 14.7. The van der Waals surface area contributed by atoms with Crippen LogP contribution in [0.5, 0.6) is 0 Å². The fourth-order valence-corrected chi connectivity index (χ4v) is 2.35. The van der Waals surface area contributed by atoms with E-state index in [1.165, 1.54) is 18.2 Å². The van der Waals surface area contributed by atoms with E-state index in [-0.39, 0.29) is 17.7 Å². The first-order valence-corrected chi connectivity index (χ1v) is 6.91. The standard InChI is InChI=1S/C12H14BrN3O4/c13-9-3-1-7(16(18)19)5-10(9)15-12(17)11-4-2-8(6-14)20-11/h1,3,5,8,11H,2,4,6,14H2,(H,15,17). The lowest BCUT2D eigenvalue weighted by molar-refractivity contribution is -0.384. The first-order valence-electron chi connectivity index (χ1n) is 6.11. The first-order chi connectivity index (χ1) is 9.51. The number of ether oxygens (including phenoxy) is 1. The Balaban J connectivity index is 2.08. The average Bonchev–Trinajstić information content (AvgIpc) is 2.89. The van der Waals surface area contributed by atoms with Crippen molar-refractivity contribution in [3.8, 4) is 0 Å². The highest BCUT2D eigenvalue weighted by molar-refractivity contribution is 9.10. The Kier molecular flexibility index (Phi) is 4.69. The molecule has 0 bridgehead atoms. The molecule has 1 fully saturated rings. The van der Waals surface area contributed by atoms with Gasteiger partial charge in [0.1, 0.15) is 6.10 Å². The summed E-state index contributed by atoms with van der Waals surface area (Å²) in [7, 11) is 0. The van der Waals surface area contributed by atoms with Gasteiger partial charge in [-0.25, -0.2) is 0 Å². The van der Waals surface area contributed by atoms with E-state index in [1.54, 1.807) is 0 Å². The number of carbonyl (C=O) groups is 1. The fourth-order valence-electron chi connectivity index (χ4n) is 2.01. The molecule has 1 aromatic carbocycles. The summed E-state index contributed by atoms with van der Waals surface area (Å²) >= 11 is 3.24. The molecule has 8 heteroatoms. The summed E-state index contributed by atoms with van der Waals surface area (Å²) < 4.78 is 6.05. The maximum atomic E-state index is 12.0. The number of amides is 1. The molecule has 108 valence electrons. The van der Waals surface area contributed by atoms with Gasteiger partial charge in [-0.2, -0.15) is 0 Å². The van der Waals surface area contributed by atoms with Gasteiger partial charge in [0, 0.05) is 23.2 Å². The summed E-state index contributed by atoms with van der Waals surface area (Å²) in [5.74, 6) is -0.317. The fraction of sp³-hybridized carbons (Fsp3) is 0.417. The minimum absolute atomic E-state index is 0.0873. The predicted molar refractivity (Wildman–Crippen MR) is 76.4 cm³/mol. The van der Waals surface area contributed by atoms with Crippen LogP contribution >= 0.6 is 15.9 Å². The number of benzene rings is 1. The Bertz CT molecular complexity index is 537. The Morgan fingerprint density at radius 2 is 2.30 bits per heavy atom. The van der Waals surface area contributed by atoms with Crippen LogP contribution in [0.4, 0.5) is 11.4 Å². The van der Waals surface area contributed by atoms with Gasteiger partial charge in [-0.3, -0.25) is 14.9 Å². The molecule has 2 atom stereocenters. The van der Waals surface area contributed by atoms with E-state index in [4.69, 9.17) is 10.5 Å². The quantitative estimate of drug-likeness (QED) is 0.640. The van der Waals surface area contributed by atoms with E-state index in [1.807, 2.05) is 0 Å². The molecule has 2 unspecified atom stereocenters. The first kappa shape index (κ1) is 14.9. The van der Waals surface area contributed by atoms with Crippen molar-refractivity contribution in [1.82, 2.24) is 0 Å². The summed E-state index contributed by atoms with van der Waals surface area (Å²) in [6.45, 7) is 0.379. The van der Waals surface area contributed by atoms with Gasteiger partial charge in [-0.05, 0) is 34.8 Å². The average molecular weight is 344 g/mol. The number of nitrogens with zero attached hydrogens (tertiary/aromatic N) is 1. The molecular weight excluding hydrogens is 330 g/mol. The van der Waals surface area contributed by atoms with E-state index in [2.05, 4.69) is 21.2 Å². The predicted octanol–water partition coefficient (Wildman–Crippen LogP) is 1.80. The third kappa shape index (κ3) is 3.33. The molecule has 1 amide bonds. The van der Waals surface area contributed by atoms with E-state index < -0.39 is 11.0 Å². The lowest BCUT2D eigenvalue weighted by Gasteiger charge is -2.13. The second kappa shape index (κ2) is 6.29. The van der Waals surface area contributed by atoms with Gasteiger partial charge < -0.3 is 15.8 Å². The number of anilines is 1. The number of nitrogens with one attached hydrogen (secondary N) is 1. The molecule has 20 heavy (non-hydrogen) atoms. The van der Waals surface area contributed by atoms with E-state index in [9.17, 15) is 14.9 Å². The van der Waals surface area contributed by atoms with E-state index in [0.29, 0.717) is 23.1 Å². The van der Waals surface area contributed by atoms with Crippen molar-refractivity contribution in [3.05, 3.63) is 32.8 Å². The number of nitro benzene ring substituents is 1. The van der Waals surface area contributed by atoms with Crippen molar-refractivity contribution in [2.45, 2.75) is 25.0 Å². The number of carbonyl (C=O) groups excluding carboxylic acids is 1. The third-order valence-corrected chi connectivity index (χ3v) is 3.77. The maximum absolute atomic E-state index is 12.0. The highest BCUT2D eigenvalue weighted by atomic mass is 79.9. The lowest BCUT2D eigenvalue weighted by Crippen LogP contribution is -2.29. The molecular formula is C12H14BrN3O4. The second-order valence-corrected chi connectivity index (χ2v) is 5.32. The lowest BCUT2D eigenvalue weighted by atomic mass is 10.2. The molecule has 1 saturated heterocycles. The number of hydrogen-bond donors (Lipinski definition) is 2. The topological polar surface area (TPSA) is 107 Å². The highest BCUT2D eigenvalue weighted by Crippen LogP contribution is 2.28. The number of halogens is 1. The van der Waals surface area contributed by atoms with Crippen molar-refractivity contribution in [2.24, 2.45) is 5.73 Å². The van der Waals surface area contributed by atoms with Crippen LogP contribution in [-0.2, 0) is 9.53 Å². The Morgan fingerprint density at radius 1 is 1.55 bits per heavy atom. The van der Waals surface area contributed by atoms with Crippen molar-refractivity contribution in [3.63, 3.8) is 0 Å². The molecule has 0 spiro atoms. The van der Waals surface area contributed by atoms with Crippen LogP contribution in [0.25, 0.3) is 0 Å². The van der Waals surface area contributed by atoms with Crippen molar-refractivity contribution < 1.29 is 14.5 Å². The van der Waals surface area contributed by atoms with Gasteiger partial charge in [0.25, 0.3) is 11.6 Å². The molecule has 0 aromatic heterocycles. The molecule has 1 heterocycles. The third-order valence-electron chi connectivity index (χ3n) is 3.08. The summed E-state index contributed by atoms with van der Waals surface area (Å²) in [6.07, 6.45) is 0.680. The Morgan fingerprint density at radius 3 is 2.90 bits per heavy atom. The smallest absolute Gasteiger partial charge is 0.271 e. The van der Waals surface area contributed by atoms with Crippen LogP contribution in [0.15, 0.2) is 22.7 Å². The highest BCUT2D eigenvalue weighted by Gasteiger charge is 2.30. The van der Waals surface area contributed by atoms with Crippen LogP contribution in [0.1, 0.15) is 12.8 Å². The van der Waals surface area contributed by atoms with Crippen LogP contribution < -0.4 is 11.1 Å². The number of nitro groups is 1. The Hall–Kier alpha value is -1.51. The summed E-state index contributed by atoms with van der Waals surface area (Å²) in [5, 5.41) is 13.4. The molecule has 3 N–H and O–H groups in total. The van der Waals surface area contributed by atoms with Crippen molar-refractivity contribution in [1.29, 1.82) is 0 Å². The number of nitrogens with two attached hydrogens (primary N) is 1. The maximum Gasteiger partial charge on any atom is 0.271 e. The summed E-state index contributed by atoms with van der Waals surface area (Å²) in [5.41, 5.74) is 5.75. The number of rotatable bonds is 4. The molecule has 1 aliphatic heterocycles. The molecule has 1 aromatic rings. The SMILES string of the molecule is NCC1CCC(C(=O)Nc2cc([N+](=O)[O-])ccc2Br)O1. The van der Waals surface area contributed by atoms with Gasteiger partial charge in [0.05, 0.1) is 16.7 Å². The van der Waals surface area contributed by atoms with Crippen LogP contribution in [0.3, 0.4) is 0 Å². The zero-order valence-corrected chi connectivity index (χ0v) is 12.1. The van der Waals surface area contributed by atoms with Gasteiger partial charge in [-0.1, -0.05) is 0 Å². The normalized spacial score (nSPS) is 21.7. The molecule has 1 aliphatic rings. The summed E-state index contributed by atoms with van der Waals surface area (Å²) in [4.78, 5) is 22.3. The minimum atomic E-state index is -0.560. The van der Waals surface area contributed by atoms with E-state index >= 15 is 0 Å². The Labute approximate surface area is 123 Å². The van der Waals surface area contributed by atoms with Gasteiger partial charge in [0.15, 0.2) is 0 Å². The van der Waals surface area contributed by atoms with Crippen molar-refractivity contribution in [2.75, 3.05) is 11.9 Å². The zero-order valence-electron chi connectivity index (χ0n) is 10.5. The molecule has 0 radical (unpaired) electrons. The van der Waals surface area contributed by atoms with Gasteiger partial charge in [0.2, 0.25) is 0 Å². The number of non-ortho nitro benzene ring substituents is 1. The molecule has 0 saturated carbocycles. The molecule has 7 nitrogen and oxygen atoms in total. The van der Waals surface area contributed by atoms with Crippen LogP contribution in [-0.4, -0.2) is 29.6 Å². The minimum Gasteiger partial charge on any atom is -0.364 e. The monoisotopic (exact) mass is 343 g/mol. The van der Waals surface area contributed by atoms with Crippen LogP contribution in [0, 0.1) is 10.1 Å². The van der Waals surface area contributed by atoms with E-state index in [0.717, 1.165) is 6.42 Å². The molecule has 2 rings (SSSR count). The van der Waals surface area contributed by atoms with Gasteiger partial charge >= 0.3 is 0 Å². The summed E-state index contributed by atoms with van der Waals surface area (Å²) in [6, 6.07) is 4.18. The van der Waals surface area contributed by atoms with Crippen LogP contribution in [0.2, 0.25) is 0 Å². The van der Waals surface area contributed by atoms with Crippen molar-refractivity contribution >= 4 is 33.2 Å². The molecule has 0 aliphatic carbocycles. The van der Waals surface area contributed by atoms with Gasteiger partial charge in [-0.15, -0.1) is 0 Å². The number of hydrogen-bond acceptors (Lipinski definition) is 5. The largest absolute Gasteiger partial charge is 0.364 e. The second-order valence-electron chi connectivity index (χ2n) is 4.47.